The van der Waals surface area contributed by atoms with E-state index in [0.29, 0.717) is 46.6 Å². The van der Waals surface area contributed by atoms with Crippen LogP contribution in [0.4, 0.5) is 0 Å². The molecule has 1 aliphatic carbocycles. The van der Waals surface area contributed by atoms with Gasteiger partial charge in [-0.05, 0) is 35.6 Å². The van der Waals surface area contributed by atoms with Crippen LogP contribution in [-0.2, 0) is 12.2 Å². The van der Waals surface area contributed by atoms with E-state index in [1.807, 2.05) is 30.3 Å². The molecule has 4 aromatic rings. The van der Waals surface area contributed by atoms with Crippen LogP contribution in [-0.4, -0.2) is 46.7 Å². The Morgan fingerprint density at radius 3 is 2.41 bits per heavy atom. The summed E-state index contributed by atoms with van der Waals surface area (Å²) in [5.41, 5.74) is 3.47. The van der Waals surface area contributed by atoms with Crippen LogP contribution in [0.5, 0.6) is 17.2 Å². The summed E-state index contributed by atoms with van der Waals surface area (Å²) < 4.78 is 18.0. The first kappa shape index (κ1) is 22.2. The minimum atomic E-state index is -0.0569. The number of aromatic nitrogens is 4. The maximum atomic E-state index is 13.1. The van der Waals surface area contributed by atoms with Crippen LogP contribution in [0, 0.1) is 0 Å². The molecule has 0 amide bonds. The Morgan fingerprint density at radius 2 is 1.74 bits per heavy atom. The molecule has 0 bridgehead atoms. The van der Waals surface area contributed by atoms with Crippen LogP contribution in [0.3, 0.4) is 0 Å². The highest BCUT2D eigenvalue weighted by Crippen LogP contribution is 2.42. The Bertz CT molecular complexity index is 1330. The van der Waals surface area contributed by atoms with Gasteiger partial charge in [-0.1, -0.05) is 42.1 Å². The van der Waals surface area contributed by atoms with E-state index >= 15 is 0 Å². The molecule has 2 heterocycles. The average Bonchev–Trinajstić information content (AvgIpc) is 3.27. The van der Waals surface area contributed by atoms with Crippen LogP contribution < -0.4 is 14.2 Å². The summed E-state index contributed by atoms with van der Waals surface area (Å²) in [5.74, 6) is 2.89. The van der Waals surface area contributed by atoms with Crippen LogP contribution in [0.1, 0.15) is 39.5 Å². The number of benzene rings is 2. The van der Waals surface area contributed by atoms with Gasteiger partial charge in [-0.15, -0.1) is 5.10 Å². The van der Waals surface area contributed by atoms with Crippen molar-refractivity contribution in [3.8, 4) is 17.2 Å². The van der Waals surface area contributed by atoms with Crippen molar-refractivity contribution in [2.24, 2.45) is 0 Å². The van der Waals surface area contributed by atoms with Gasteiger partial charge in [-0.3, -0.25) is 4.79 Å². The third-order valence-electron chi connectivity index (χ3n) is 5.93. The zero-order valence-electron chi connectivity index (χ0n) is 19.1. The van der Waals surface area contributed by atoms with E-state index in [1.165, 1.54) is 5.56 Å². The molecule has 5 rings (SSSR count). The molecule has 0 saturated heterocycles. The molecule has 34 heavy (non-hydrogen) atoms. The first-order valence-electron chi connectivity index (χ1n) is 10.9. The number of Topliss-reactive ketones (excluding diaryl/α,β-unsaturated/α-hetero) is 1. The van der Waals surface area contributed by atoms with Gasteiger partial charge in [0.1, 0.15) is 0 Å². The zero-order chi connectivity index (χ0) is 23.7. The second-order valence-electron chi connectivity index (χ2n) is 8.00. The fraction of sp³-hybridized carbons (Fsp3) is 0.280. The molecule has 0 radical (unpaired) electrons. The van der Waals surface area contributed by atoms with Gasteiger partial charge in [-0.25, -0.2) is 9.50 Å². The molecule has 0 spiro atoms. The third kappa shape index (κ3) is 4.19. The highest BCUT2D eigenvalue weighted by atomic mass is 32.2. The minimum Gasteiger partial charge on any atom is -0.493 e. The van der Waals surface area contributed by atoms with Crippen LogP contribution >= 0.6 is 11.8 Å². The van der Waals surface area contributed by atoms with Gasteiger partial charge in [0.2, 0.25) is 10.9 Å². The van der Waals surface area contributed by atoms with E-state index < -0.39 is 0 Å². The number of hydrogen-bond donors (Lipinski definition) is 0. The quantitative estimate of drug-likeness (QED) is 0.364. The number of ketones is 1. The van der Waals surface area contributed by atoms with E-state index in [-0.39, 0.29) is 11.7 Å². The summed E-state index contributed by atoms with van der Waals surface area (Å²) in [4.78, 5) is 22.3. The molecule has 2 aromatic carbocycles. The molecule has 0 saturated carbocycles. The fourth-order valence-corrected chi connectivity index (χ4v) is 5.00. The molecule has 2 aromatic heterocycles. The van der Waals surface area contributed by atoms with Crippen molar-refractivity contribution in [2.75, 3.05) is 21.3 Å². The second kappa shape index (κ2) is 9.34. The van der Waals surface area contributed by atoms with Gasteiger partial charge >= 0.3 is 0 Å². The molecule has 1 atom stereocenters. The Hall–Kier alpha value is -3.59. The molecule has 0 fully saturated rings. The molecular formula is C25H24N4O4S. The largest absolute Gasteiger partial charge is 0.493 e. The van der Waals surface area contributed by atoms with Crippen LogP contribution in [0.2, 0.25) is 0 Å². The first-order chi connectivity index (χ1) is 16.6. The summed E-state index contributed by atoms with van der Waals surface area (Å²) in [5, 5.41) is 5.15. The Kier molecular flexibility index (Phi) is 6.10. The molecular weight excluding hydrogens is 452 g/mol. The van der Waals surface area contributed by atoms with Crippen LogP contribution in [0.15, 0.2) is 53.8 Å². The number of nitrogens with zero attached hydrogens (tertiary/aromatic N) is 4. The second-order valence-corrected chi connectivity index (χ2v) is 8.94. The summed E-state index contributed by atoms with van der Waals surface area (Å²) in [6.45, 7) is 0. The molecule has 1 aliphatic rings. The lowest BCUT2D eigenvalue weighted by Crippen LogP contribution is -2.21. The lowest BCUT2D eigenvalue weighted by Gasteiger charge is -2.24. The number of hydrogen-bond acceptors (Lipinski definition) is 8. The molecule has 174 valence electrons. The predicted octanol–water partition coefficient (Wildman–Crippen LogP) is 4.36. The summed E-state index contributed by atoms with van der Waals surface area (Å²) in [7, 11) is 4.74. The SMILES string of the molecule is COc1cc([C@@H]2CC(=O)c3cn4nc(SCc5ccccc5)nc4nc3C2)cc(OC)c1OC. The van der Waals surface area contributed by atoms with Gasteiger partial charge in [0.05, 0.1) is 32.6 Å². The topological polar surface area (TPSA) is 87.8 Å². The number of fused-ring (bicyclic) bond motifs is 2. The Balaban J connectivity index is 1.43. The predicted molar refractivity (Wildman–Crippen MR) is 128 cm³/mol. The van der Waals surface area contributed by atoms with Gasteiger partial charge in [-0.2, -0.15) is 4.98 Å². The average molecular weight is 477 g/mol. The van der Waals surface area contributed by atoms with Crippen molar-refractivity contribution < 1.29 is 19.0 Å². The van der Waals surface area contributed by atoms with E-state index in [9.17, 15) is 4.79 Å². The van der Waals surface area contributed by atoms with Crippen molar-refractivity contribution in [2.45, 2.75) is 29.7 Å². The number of rotatable bonds is 7. The lowest BCUT2D eigenvalue weighted by molar-refractivity contribution is 0.0962. The Morgan fingerprint density at radius 1 is 1.00 bits per heavy atom. The number of carbonyl (C=O) groups excluding carboxylic acids is 1. The van der Waals surface area contributed by atoms with E-state index in [0.717, 1.165) is 17.0 Å². The standard InChI is InChI=1S/C25H24N4O4S/c1-31-21-11-17(12-22(32-2)23(21)33-3)16-9-19-18(20(30)10-16)13-29-24(26-19)27-25(28-29)34-14-15-7-5-4-6-8-15/h4-8,11-13,16H,9-10,14H2,1-3H3/t16-/m0/s1. The highest BCUT2D eigenvalue weighted by molar-refractivity contribution is 7.98. The summed E-state index contributed by atoms with van der Waals surface area (Å²) in [6.07, 6.45) is 2.73. The maximum absolute atomic E-state index is 13.1. The molecule has 8 nitrogen and oxygen atoms in total. The normalized spacial score (nSPS) is 15.3. The van der Waals surface area contributed by atoms with Gasteiger partial charge in [0.15, 0.2) is 17.3 Å². The van der Waals surface area contributed by atoms with Crippen molar-refractivity contribution in [3.63, 3.8) is 0 Å². The van der Waals surface area contributed by atoms with E-state index in [4.69, 9.17) is 19.2 Å². The van der Waals surface area contributed by atoms with Gasteiger partial charge in [0, 0.05) is 18.4 Å². The maximum Gasteiger partial charge on any atom is 0.253 e. The van der Waals surface area contributed by atoms with Crippen molar-refractivity contribution in [3.05, 3.63) is 71.0 Å². The number of thioether (sulfide) groups is 1. The zero-order valence-corrected chi connectivity index (χ0v) is 20.0. The molecule has 0 unspecified atom stereocenters. The Labute approximate surface area is 201 Å². The minimum absolute atomic E-state index is 0.0309. The molecule has 0 aliphatic heterocycles. The third-order valence-corrected chi connectivity index (χ3v) is 6.84. The lowest BCUT2D eigenvalue weighted by atomic mass is 9.82. The van der Waals surface area contributed by atoms with Crippen LogP contribution in [0.25, 0.3) is 5.78 Å². The van der Waals surface area contributed by atoms with E-state index in [1.54, 1.807) is 43.8 Å². The van der Waals surface area contributed by atoms with Crippen molar-refractivity contribution in [1.29, 1.82) is 0 Å². The molecule has 0 N–H and O–H groups in total. The first-order valence-corrected chi connectivity index (χ1v) is 11.8. The van der Waals surface area contributed by atoms with Gasteiger partial charge in [0.25, 0.3) is 5.78 Å². The van der Waals surface area contributed by atoms with E-state index in [2.05, 4.69) is 22.2 Å². The fourth-order valence-electron chi connectivity index (χ4n) is 4.22. The van der Waals surface area contributed by atoms with Gasteiger partial charge < -0.3 is 14.2 Å². The summed E-state index contributed by atoms with van der Waals surface area (Å²) in [6, 6.07) is 14.0. The number of carbonyl (C=O) groups is 1. The van der Waals surface area contributed by atoms with Crippen molar-refractivity contribution in [1.82, 2.24) is 19.6 Å². The van der Waals surface area contributed by atoms with Crippen molar-refractivity contribution >= 4 is 23.3 Å². The number of methoxy groups -OCH3 is 3. The smallest absolute Gasteiger partial charge is 0.253 e. The monoisotopic (exact) mass is 476 g/mol. The number of ether oxygens (including phenoxy) is 3. The molecule has 9 heteroatoms. The highest BCUT2D eigenvalue weighted by Gasteiger charge is 2.30. The summed E-state index contributed by atoms with van der Waals surface area (Å²) >= 11 is 1.54.